The monoisotopic (exact) mass is 241 g/mol. The summed E-state index contributed by atoms with van der Waals surface area (Å²) in [6, 6.07) is 4.11. The Morgan fingerprint density at radius 3 is 2.81 bits per heavy atom. The summed E-state index contributed by atoms with van der Waals surface area (Å²) in [5, 5.41) is 3.09. The summed E-state index contributed by atoms with van der Waals surface area (Å²) >= 11 is 5.66. The average molecular weight is 242 g/mol. The first-order valence-corrected chi connectivity index (χ1v) is 5.42. The Hall–Kier alpha value is -1.22. The van der Waals surface area contributed by atoms with Gasteiger partial charge in [0.15, 0.2) is 0 Å². The van der Waals surface area contributed by atoms with Crippen molar-refractivity contribution in [2.45, 2.75) is 26.3 Å². The van der Waals surface area contributed by atoms with E-state index in [2.05, 4.69) is 5.18 Å². The van der Waals surface area contributed by atoms with E-state index in [-0.39, 0.29) is 11.1 Å². The van der Waals surface area contributed by atoms with Crippen molar-refractivity contribution in [1.29, 1.82) is 0 Å². The van der Waals surface area contributed by atoms with Crippen LogP contribution in [-0.4, -0.2) is 6.04 Å². The minimum Gasteiger partial charge on any atom is -0.205 e. The van der Waals surface area contributed by atoms with Gasteiger partial charge in [-0.2, -0.15) is 4.91 Å². The highest BCUT2D eigenvalue weighted by Gasteiger charge is 2.08. The molecule has 0 amide bonds. The molecule has 0 fully saturated rings. The normalized spacial score (nSPS) is 13.6. The number of rotatable bonds is 4. The molecule has 0 radical (unpaired) electrons. The molecule has 0 bridgehead atoms. The smallest absolute Gasteiger partial charge is 0.141 e. The zero-order valence-electron chi connectivity index (χ0n) is 9.21. The SMILES string of the molecule is CCC(N=O)C(C)=Cc1ccc(F)c(Cl)c1. The van der Waals surface area contributed by atoms with E-state index in [0.717, 1.165) is 11.1 Å². The third kappa shape index (κ3) is 3.14. The molecule has 0 spiro atoms. The molecule has 2 nitrogen and oxygen atoms in total. The van der Waals surface area contributed by atoms with Crippen molar-refractivity contribution in [2.75, 3.05) is 0 Å². The molecular formula is C12H13ClFNO. The summed E-state index contributed by atoms with van der Waals surface area (Å²) in [6.45, 7) is 3.72. The standard InChI is InChI=1S/C12H13ClFNO/c1-3-12(15-16)8(2)6-9-4-5-11(14)10(13)7-9/h4-7,12H,3H2,1-2H3. The zero-order valence-corrected chi connectivity index (χ0v) is 9.96. The molecule has 0 aromatic heterocycles. The largest absolute Gasteiger partial charge is 0.205 e. The van der Waals surface area contributed by atoms with Crippen molar-refractivity contribution in [3.05, 3.63) is 45.1 Å². The van der Waals surface area contributed by atoms with Crippen molar-refractivity contribution in [1.82, 2.24) is 0 Å². The van der Waals surface area contributed by atoms with Crippen LogP contribution in [0.3, 0.4) is 0 Å². The summed E-state index contributed by atoms with van der Waals surface area (Å²) in [7, 11) is 0. The van der Waals surface area contributed by atoms with Gasteiger partial charge in [0.05, 0.1) is 5.02 Å². The number of hydrogen-bond donors (Lipinski definition) is 0. The Labute approximate surface area is 99.1 Å². The van der Waals surface area contributed by atoms with Crippen molar-refractivity contribution in [2.24, 2.45) is 5.18 Å². The van der Waals surface area contributed by atoms with E-state index < -0.39 is 5.82 Å². The summed E-state index contributed by atoms with van der Waals surface area (Å²) in [5.74, 6) is -0.447. The first-order valence-electron chi connectivity index (χ1n) is 5.04. The Balaban J connectivity index is 2.97. The minimum atomic E-state index is -0.447. The van der Waals surface area contributed by atoms with E-state index in [0.29, 0.717) is 6.42 Å². The van der Waals surface area contributed by atoms with Gasteiger partial charge in [0.25, 0.3) is 0 Å². The predicted octanol–water partition coefficient (Wildman–Crippen LogP) is 4.43. The summed E-state index contributed by atoms with van der Waals surface area (Å²) in [6.07, 6.45) is 2.45. The first kappa shape index (κ1) is 12.8. The Bertz CT molecular complexity index is 417. The van der Waals surface area contributed by atoms with Crippen LogP contribution in [0.4, 0.5) is 4.39 Å². The third-order valence-electron chi connectivity index (χ3n) is 2.38. The van der Waals surface area contributed by atoms with Gasteiger partial charge in [-0.3, -0.25) is 0 Å². The summed E-state index contributed by atoms with van der Waals surface area (Å²) in [4.78, 5) is 10.5. The molecule has 0 saturated heterocycles. The maximum absolute atomic E-state index is 12.9. The summed E-state index contributed by atoms with van der Waals surface area (Å²) in [5.41, 5.74) is 1.62. The Kier molecular flexibility index (Phi) is 4.62. The van der Waals surface area contributed by atoms with Crippen LogP contribution in [0.1, 0.15) is 25.8 Å². The number of hydrogen-bond acceptors (Lipinski definition) is 2. The molecular weight excluding hydrogens is 229 g/mol. The second kappa shape index (κ2) is 5.75. The maximum Gasteiger partial charge on any atom is 0.141 e. The van der Waals surface area contributed by atoms with Crippen LogP contribution < -0.4 is 0 Å². The number of nitroso groups, excluding NO2 is 1. The molecule has 1 unspecified atom stereocenters. The van der Waals surface area contributed by atoms with Crippen LogP contribution in [0.15, 0.2) is 28.9 Å². The molecule has 0 aliphatic heterocycles. The molecule has 0 aliphatic carbocycles. The third-order valence-corrected chi connectivity index (χ3v) is 2.67. The minimum absolute atomic E-state index is 0.0775. The van der Waals surface area contributed by atoms with Crippen LogP contribution in [-0.2, 0) is 0 Å². The van der Waals surface area contributed by atoms with Gasteiger partial charge in [-0.25, -0.2) is 4.39 Å². The zero-order chi connectivity index (χ0) is 12.1. The van der Waals surface area contributed by atoms with Gasteiger partial charge in [-0.1, -0.05) is 35.8 Å². The molecule has 1 rings (SSSR count). The van der Waals surface area contributed by atoms with Crippen molar-refractivity contribution in [3.8, 4) is 0 Å². The lowest BCUT2D eigenvalue weighted by Crippen LogP contribution is -2.02. The van der Waals surface area contributed by atoms with E-state index in [4.69, 9.17) is 11.6 Å². The number of nitrogens with zero attached hydrogens (tertiary/aromatic N) is 1. The highest BCUT2D eigenvalue weighted by atomic mass is 35.5. The highest BCUT2D eigenvalue weighted by molar-refractivity contribution is 6.30. The predicted molar refractivity (Wildman–Crippen MR) is 64.9 cm³/mol. The van der Waals surface area contributed by atoms with E-state index in [9.17, 15) is 9.30 Å². The van der Waals surface area contributed by atoms with E-state index in [1.165, 1.54) is 12.1 Å². The lowest BCUT2D eigenvalue weighted by atomic mass is 10.0. The molecule has 1 aromatic carbocycles. The average Bonchev–Trinajstić information content (AvgIpc) is 2.25. The van der Waals surface area contributed by atoms with Crippen molar-refractivity contribution in [3.63, 3.8) is 0 Å². The van der Waals surface area contributed by atoms with Gasteiger partial charge < -0.3 is 0 Å². The molecule has 0 heterocycles. The molecule has 0 N–H and O–H groups in total. The quantitative estimate of drug-likeness (QED) is 0.717. The Morgan fingerprint density at radius 1 is 1.62 bits per heavy atom. The second-order valence-corrected chi connectivity index (χ2v) is 4.00. The molecule has 1 aromatic rings. The van der Waals surface area contributed by atoms with Crippen LogP contribution in [0.25, 0.3) is 6.08 Å². The van der Waals surface area contributed by atoms with Crippen LogP contribution >= 0.6 is 11.6 Å². The molecule has 1 atom stereocenters. The number of halogens is 2. The summed E-state index contributed by atoms with van der Waals surface area (Å²) < 4.78 is 12.9. The molecule has 0 aliphatic rings. The van der Waals surface area contributed by atoms with Gasteiger partial charge in [-0.05, 0) is 36.6 Å². The fraction of sp³-hybridized carbons (Fsp3) is 0.333. The fourth-order valence-corrected chi connectivity index (χ4v) is 1.63. The maximum atomic E-state index is 12.9. The van der Waals surface area contributed by atoms with E-state index >= 15 is 0 Å². The molecule has 86 valence electrons. The van der Waals surface area contributed by atoms with Gasteiger partial charge in [-0.15, -0.1) is 0 Å². The number of benzene rings is 1. The van der Waals surface area contributed by atoms with Crippen LogP contribution in [0.2, 0.25) is 5.02 Å². The van der Waals surface area contributed by atoms with Gasteiger partial charge in [0.2, 0.25) is 0 Å². The van der Waals surface area contributed by atoms with E-state index in [1.807, 2.05) is 13.8 Å². The topological polar surface area (TPSA) is 29.4 Å². The van der Waals surface area contributed by atoms with Crippen molar-refractivity contribution >= 4 is 17.7 Å². The molecule has 16 heavy (non-hydrogen) atoms. The van der Waals surface area contributed by atoms with Gasteiger partial charge >= 0.3 is 0 Å². The van der Waals surface area contributed by atoms with Gasteiger partial charge in [0, 0.05) is 0 Å². The van der Waals surface area contributed by atoms with E-state index in [1.54, 1.807) is 12.1 Å². The lowest BCUT2D eigenvalue weighted by molar-refractivity contribution is 0.628. The first-order chi connectivity index (χ1) is 7.58. The fourth-order valence-electron chi connectivity index (χ4n) is 1.44. The van der Waals surface area contributed by atoms with Gasteiger partial charge in [0.1, 0.15) is 11.9 Å². The second-order valence-electron chi connectivity index (χ2n) is 3.59. The Morgan fingerprint density at radius 2 is 2.31 bits per heavy atom. The van der Waals surface area contributed by atoms with Crippen molar-refractivity contribution < 1.29 is 4.39 Å². The molecule has 4 heteroatoms. The molecule has 0 saturated carbocycles. The lowest BCUT2D eigenvalue weighted by Gasteiger charge is -2.06. The highest BCUT2D eigenvalue weighted by Crippen LogP contribution is 2.20. The van der Waals surface area contributed by atoms with Crippen LogP contribution in [0, 0.1) is 10.7 Å². The van der Waals surface area contributed by atoms with Crippen LogP contribution in [0.5, 0.6) is 0 Å².